The van der Waals surface area contributed by atoms with Gasteiger partial charge in [-0.05, 0) is 18.6 Å². The van der Waals surface area contributed by atoms with Gasteiger partial charge < -0.3 is 9.64 Å². The zero-order valence-corrected chi connectivity index (χ0v) is 17.1. The van der Waals surface area contributed by atoms with Crippen molar-refractivity contribution in [3.8, 4) is 17.2 Å². The van der Waals surface area contributed by atoms with Crippen molar-refractivity contribution < 1.29 is 9.53 Å². The van der Waals surface area contributed by atoms with Crippen molar-refractivity contribution in [3.05, 3.63) is 57.4 Å². The van der Waals surface area contributed by atoms with Gasteiger partial charge in [-0.1, -0.05) is 30.3 Å². The smallest absolute Gasteiger partial charge is 0.196 e. The van der Waals surface area contributed by atoms with Crippen LogP contribution in [-0.4, -0.2) is 37.1 Å². The van der Waals surface area contributed by atoms with Crippen LogP contribution in [0.1, 0.15) is 26.3 Å². The van der Waals surface area contributed by atoms with Crippen LogP contribution in [0.25, 0.3) is 11.1 Å². The molecule has 0 saturated carbocycles. The van der Waals surface area contributed by atoms with Crippen LogP contribution in [0.5, 0.6) is 0 Å². The molecule has 1 aliphatic rings. The number of morpholine rings is 1. The van der Waals surface area contributed by atoms with Gasteiger partial charge in [-0.25, -0.2) is 4.98 Å². The topological polar surface area (TPSA) is 66.2 Å². The van der Waals surface area contributed by atoms with E-state index in [4.69, 9.17) is 4.74 Å². The second kappa shape index (κ2) is 8.23. The molecule has 1 atom stereocenters. The number of hydrogen-bond acceptors (Lipinski definition) is 7. The van der Waals surface area contributed by atoms with E-state index in [1.165, 1.54) is 22.7 Å². The van der Waals surface area contributed by atoms with Gasteiger partial charge in [-0.15, -0.1) is 22.7 Å². The Labute approximate surface area is 171 Å². The van der Waals surface area contributed by atoms with Crippen LogP contribution in [-0.2, 0) is 4.74 Å². The maximum atomic E-state index is 13.2. The minimum Gasteiger partial charge on any atom is -0.378 e. The molecule has 1 aromatic carbocycles. The summed E-state index contributed by atoms with van der Waals surface area (Å²) in [5.74, 6) is -1.04. The van der Waals surface area contributed by atoms with E-state index in [9.17, 15) is 10.1 Å². The minimum atomic E-state index is -0.862. The Kier molecular flexibility index (Phi) is 5.53. The molecule has 0 bridgehead atoms. The molecule has 1 fully saturated rings. The van der Waals surface area contributed by atoms with E-state index in [0.29, 0.717) is 23.1 Å². The molecule has 2 aromatic heterocycles. The number of ketones is 1. The van der Waals surface area contributed by atoms with E-state index in [1.54, 1.807) is 0 Å². The normalized spacial score (nSPS) is 15.2. The molecule has 1 saturated heterocycles. The van der Waals surface area contributed by atoms with E-state index < -0.39 is 5.92 Å². The molecule has 0 amide bonds. The number of nitriles is 1. The third-order valence-corrected chi connectivity index (χ3v) is 6.85. The Morgan fingerprint density at radius 2 is 2.04 bits per heavy atom. The summed E-state index contributed by atoms with van der Waals surface area (Å²) in [6, 6.07) is 14.1. The zero-order valence-electron chi connectivity index (χ0n) is 15.4. The van der Waals surface area contributed by atoms with Crippen LogP contribution in [0.4, 0.5) is 5.00 Å². The molecule has 5 nitrogen and oxygen atoms in total. The minimum absolute atomic E-state index is 0.182. The van der Waals surface area contributed by atoms with E-state index in [2.05, 4.69) is 16.0 Å². The van der Waals surface area contributed by atoms with Gasteiger partial charge in [-0.2, -0.15) is 5.26 Å². The van der Waals surface area contributed by atoms with Crippen molar-refractivity contribution in [2.75, 3.05) is 31.2 Å². The molecule has 1 aliphatic heterocycles. The van der Waals surface area contributed by atoms with Gasteiger partial charge in [0.2, 0.25) is 0 Å². The predicted octanol–water partition coefficient (Wildman–Crippen LogP) is 4.51. The van der Waals surface area contributed by atoms with Gasteiger partial charge in [0.15, 0.2) is 11.7 Å². The molecule has 4 rings (SSSR count). The predicted molar refractivity (Wildman–Crippen MR) is 112 cm³/mol. The first-order valence-corrected chi connectivity index (χ1v) is 10.7. The average Bonchev–Trinajstić information content (AvgIpc) is 3.37. The highest BCUT2D eigenvalue weighted by molar-refractivity contribution is 7.18. The van der Waals surface area contributed by atoms with Gasteiger partial charge in [0.25, 0.3) is 0 Å². The van der Waals surface area contributed by atoms with Gasteiger partial charge in [0.05, 0.1) is 29.2 Å². The van der Waals surface area contributed by atoms with Crippen molar-refractivity contribution in [1.29, 1.82) is 5.26 Å². The number of carbonyl (C=O) groups excluding carboxylic acids is 1. The number of ether oxygens (including phenoxy) is 1. The van der Waals surface area contributed by atoms with E-state index in [-0.39, 0.29) is 5.78 Å². The van der Waals surface area contributed by atoms with E-state index >= 15 is 0 Å². The number of Topliss-reactive ketones (excluding diaryl/α,β-unsaturated/α-hetero) is 1. The van der Waals surface area contributed by atoms with Crippen LogP contribution in [0.15, 0.2) is 41.8 Å². The summed E-state index contributed by atoms with van der Waals surface area (Å²) in [5, 5.41) is 13.1. The first kappa shape index (κ1) is 18.8. The molecule has 28 heavy (non-hydrogen) atoms. The summed E-state index contributed by atoms with van der Waals surface area (Å²) in [6.45, 7) is 4.81. The number of thiazole rings is 1. The molecule has 0 spiro atoms. The molecule has 7 heteroatoms. The summed E-state index contributed by atoms with van der Waals surface area (Å²) in [7, 11) is 0. The number of thiophene rings is 1. The molecular formula is C21H19N3O2S2. The van der Waals surface area contributed by atoms with Crippen molar-refractivity contribution in [2.24, 2.45) is 0 Å². The third-order valence-electron chi connectivity index (χ3n) is 4.61. The standard InChI is InChI=1S/C21H19N3O2S2/c1-14-13-27-20(23-14)17(12-22)19(25)18-11-16(15-5-3-2-4-6-15)21(28-18)24-7-9-26-10-8-24/h2-6,11,13,17H,7-10H2,1H3/t17-/m0/s1. The number of aryl methyl sites for hydroxylation is 1. The fourth-order valence-electron chi connectivity index (χ4n) is 3.20. The first-order valence-electron chi connectivity index (χ1n) is 9.05. The fraction of sp³-hybridized carbons (Fsp3) is 0.286. The van der Waals surface area contributed by atoms with Crippen LogP contribution in [0.3, 0.4) is 0 Å². The van der Waals surface area contributed by atoms with Crippen LogP contribution in [0, 0.1) is 18.3 Å². The third kappa shape index (κ3) is 3.72. The lowest BCUT2D eigenvalue weighted by Gasteiger charge is -2.28. The number of nitrogens with zero attached hydrogens (tertiary/aromatic N) is 3. The van der Waals surface area contributed by atoms with Gasteiger partial charge in [-0.3, -0.25) is 4.79 Å². The molecule has 0 aliphatic carbocycles. The Hall–Kier alpha value is -2.53. The van der Waals surface area contributed by atoms with Crippen molar-refractivity contribution in [2.45, 2.75) is 12.8 Å². The summed E-state index contributed by atoms with van der Waals surface area (Å²) in [6.07, 6.45) is 0. The second-order valence-electron chi connectivity index (χ2n) is 6.55. The highest BCUT2D eigenvalue weighted by Gasteiger charge is 2.29. The molecule has 0 radical (unpaired) electrons. The van der Waals surface area contributed by atoms with Gasteiger partial charge in [0.1, 0.15) is 5.01 Å². The van der Waals surface area contributed by atoms with E-state index in [1.807, 2.05) is 48.7 Å². The molecule has 142 valence electrons. The number of rotatable bonds is 5. The number of aromatic nitrogens is 1. The Bertz CT molecular complexity index is 1010. The molecule has 3 aromatic rings. The molecule has 0 unspecified atom stereocenters. The summed E-state index contributed by atoms with van der Waals surface area (Å²) in [5.41, 5.74) is 2.93. The highest BCUT2D eigenvalue weighted by Crippen LogP contribution is 2.41. The summed E-state index contributed by atoms with van der Waals surface area (Å²) in [4.78, 5) is 20.4. The quantitative estimate of drug-likeness (QED) is 0.580. The lowest BCUT2D eigenvalue weighted by atomic mass is 10.0. The maximum Gasteiger partial charge on any atom is 0.196 e. The number of hydrogen-bond donors (Lipinski definition) is 0. The van der Waals surface area contributed by atoms with Crippen LogP contribution < -0.4 is 4.90 Å². The van der Waals surface area contributed by atoms with Crippen LogP contribution in [0.2, 0.25) is 0 Å². The zero-order chi connectivity index (χ0) is 19.5. The summed E-state index contributed by atoms with van der Waals surface area (Å²) >= 11 is 2.82. The lowest BCUT2D eigenvalue weighted by molar-refractivity contribution is 0.0982. The van der Waals surface area contributed by atoms with E-state index in [0.717, 1.165) is 34.9 Å². The molecule has 3 heterocycles. The largest absolute Gasteiger partial charge is 0.378 e. The van der Waals surface area contributed by atoms with Crippen LogP contribution >= 0.6 is 22.7 Å². The van der Waals surface area contributed by atoms with Gasteiger partial charge in [0, 0.05) is 29.7 Å². The fourth-order valence-corrected chi connectivity index (χ4v) is 5.24. The number of benzene rings is 1. The maximum absolute atomic E-state index is 13.2. The van der Waals surface area contributed by atoms with Crippen molar-refractivity contribution >= 4 is 33.5 Å². The lowest BCUT2D eigenvalue weighted by Crippen LogP contribution is -2.35. The molecule has 0 N–H and O–H groups in total. The first-order chi connectivity index (χ1) is 13.7. The second-order valence-corrected chi connectivity index (χ2v) is 8.47. The SMILES string of the molecule is Cc1csc([C@@H](C#N)C(=O)c2cc(-c3ccccc3)c(N3CCOCC3)s2)n1. The highest BCUT2D eigenvalue weighted by atomic mass is 32.1. The number of anilines is 1. The van der Waals surface area contributed by atoms with Gasteiger partial charge >= 0.3 is 0 Å². The van der Waals surface area contributed by atoms with Crippen molar-refractivity contribution in [3.63, 3.8) is 0 Å². The summed E-state index contributed by atoms with van der Waals surface area (Å²) < 4.78 is 5.48. The monoisotopic (exact) mass is 409 g/mol. The Morgan fingerprint density at radius 1 is 1.29 bits per heavy atom. The molecular weight excluding hydrogens is 390 g/mol. The Balaban J connectivity index is 1.74. The van der Waals surface area contributed by atoms with Crippen molar-refractivity contribution in [1.82, 2.24) is 4.98 Å². The number of carbonyl (C=O) groups is 1. The average molecular weight is 410 g/mol. The Morgan fingerprint density at radius 3 is 2.68 bits per heavy atom.